The highest BCUT2D eigenvalue weighted by atomic mass is 32.2. The third-order valence-electron chi connectivity index (χ3n) is 3.50. The van der Waals surface area contributed by atoms with Crippen molar-refractivity contribution < 1.29 is 22.9 Å². The number of carbonyl (C=O) groups is 1. The molecule has 1 aliphatic rings. The highest BCUT2D eigenvalue weighted by molar-refractivity contribution is 7.89. The summed E-state index contributed by atoms with van der Waals surface area (Å²) in [6.07, 6.45) is 1.78. The quantitative estimate of drug-likeness (QED) is 0.695. The Bertz CT molecular complexity index is 654. The lowest BCUT2D eigenvalue weighted by molar-refractivity contribution is -0.524. The molecule has 6 nitrogen and oxygen atoms in total. The van der Waals surface area contributed by atoms with Crippen LogP contribution in [0.1, 0.15) is 67.9 Å². The zero-order valence-electron chi connectivity index (χ0n) is 19.9. The summed E-state index contributed by atoms with van der Waals surface area (Å²) in [6.45, 7) is 20.4. The number of sulfonamides is 1. The van der Waals surface area contributed by atoms with Crippen molar-refractivity contribution in [2.24, 2.45) is 0 Å². The van der Waals surface area contributed by atoms with Crippen molar-refractivity contribution in [3.63, 3.8) is 0 Å². The van der Waals surface area contributed by atoms with E-state index in [0.717, 1.165) is 6.54 Å². The van der Waals surface area contributed by atoms with Crippen LogP contribution in [-0.4, -0.2) is 60.8 Å². The second kappa shape index (κ2) is 19.6. The molecular weight excluding hydrogens is 388 g/mol. The molecular formula is C22H43N2O4S+. The number of carboxylic acid groups (broad SMARTS) is 1. The maximum absolute atomic E-state index is 12.5. The molecule has 1 aromatic rings. The molecule has 0 saturated heterocycles. The first-order valence-corrected chi connectivity index (χ1v) is 12.3. The summed E-state index contributed by atoms with van der Waals surface area (Å²) < 4.78 is 28.5. The Kier molecular flexibility index (Phi) is 21.6. The van der Waals surface area contributed by atoms with Crippen LogP contribution in [0.5, 0.6) is 0 Å². The highest BCUT2D eigenvalue weighted by Crippen LogP contribution is 2.17. The van der Waals surface area contributed by atoms with Crippen LogP contribution in [0.3, 0.4) is 0 Å². The van der Waals surface area contributed by atoms with Crippen molar-refractivity contribution in [2.75, 3.05) is 26.2 Å². The fourth-order valence-corrected chi connectivity index (χ4v) is 3.60. The minimum atomic E-state index is -3.51. The molecule has 1 aromatic carbocycles. The smallest absolute Gasteiger partial charge is 0.307 e. The van der Waals surface area contributed by atoms with Gasteiger partial charge in [0.1, 0.15) is 6.54 Å². The van der Waals surface area contributed by atoms with Gasteiger partial charge in [-0.2, -0.15) is 4.31 Å². The molecule has 0 spiro atoms. The molecule has 1 aliphatic heterocycles. The molecule has 0 aliphatic carbocycles. The maximum Gasteiger partial charge on any atom is 0.307 e. The van der Waals surface area contributed by atoms with Gasteiger partial charge in [0.05, 0.1) is 24.4 Å². The van der Waals surface area contributed by atoms with Gasteiger partial charge in [-0.3, -0.25) is 4.79 Å². The van der Waals surface area contributed by atoms with Gasteiger partial charge in [-0.15, -0.1) is 0 Å². The van der Waals surface area contributed by atoms with E-state index < -0.39 is 16.0 Å². The molecule has 0 saturated carbocycles. The van der Waals surface area contributed by atoms with Crippen LogP contribution in [-0.2, 0) is 21.2 Å². The van der Waals surface area contributed by atoms with E-state index in [1.165, 1.54) is 16.4 Å². The van der Waals surface area contributed by atoms with Crippen molar-refractivity contribution in [1.29, 1.82) is 0 Å². The fourth-order valence-electron chi connectivity index (χ4n) is 2.24. The van der Waals surface area contributed by atoms with Gasteiger partial charge in [-0.1, -0.05) is 67.5 Å². The number of carboxylic acids is 1. The van der Waals surface area contributed by atoms with Crippen LogP contribution < -0.4 is 0 Å². The number of hydrogen-bond acceptors (Lipinski definition) is 3. The SMILES string of the molecule is CC.CC.CC.CC.CC[N+]1=CCN(S(=O)(=O)c2ccc(CC(=O)O)cc2)CC1. The number of rotatable bonds is 5. The van der Waals surface area contributed by atoms with Gasteiger partial charge < -0.3 is 5.11 Å². The van der Waals surface area contributed by atoms with Gasteiger partial charge >= 0.3 is 5.97 Å². The lowest BCUT2D eigenvalue weighted by Crippen LogP contribution is -2.42. The summed E-state index contributed by atoms with van der Waals surface area (Å²) in [6, 6.07) is 6.04. The predicted octanol–water partition coefficient (Wildman–Crippen LogP) is 4.53. The van der Waals surface area contributed by atoms with E-state index in [-0.39, 0.29) is 11.3 Å². The van der Waals surface area contributed by atoms with Crippen molar-refractivity contribution in [3.8, 4) is 0 Å². The van der Waals surface area contributed by atoms with Gasteiger partial charge in [0.25, 0.3) is 0 Å². The lowest BCUT2D eigenvalue weighted by Gasteiger charge is -2.22. The average molecular weight is 432 g/mol. The van der Waals surface area contributed by atoms with Gasteiger partial charge in [-0.05, 0) is 24.6 Å². The zero-order chi connectivity index (χ0) is 23.5. The first-order chi connectivity index (χ1) is 13.9. The zero-order valence-corrected chi connectivity index (χ0v) is 20.7. The highest BCUT2D eigenvalue weighted by Gasteiger charge is 2.28. The Balaban J connectivity index is -0.000000754. The number of benzene rings is 1. The Hall–Kier alpha value is -1.73. The fraction of sp³-hybridized carbons (Fsp3) is 0.636. The normalized spacial score (nSPS) is 12.8. The third kappa shape index (κ3) is 11.8. The lowest BCUT2D eigenvalue weighted by atomic mass is 10.2. The average Bonchev–Trinajstić information content (AvgIpc) is 2.79. The first kappa shape index (κ1) is 31.9. The van der Waals surface area contributed by atoms with Crippen LogP contribution in [0.15, 0.2) is 29.2 Å². The molecule has 2 rings (SSSR count). The van der Waals surface area contributed by atoms with E-state index in [1.54, 1.807) is 12.1 Å². The molecule has 0 bridgehead atoms. The van der Waals surface area contributed by atoms with E-state index in [0.29, 0.717) is 25.2 Å². The monoisotopic (exact) mass is 431 g/mol. The summed E-state index contributed by atoms with van der Waals surface area (Å²) in [5.74, 6) is -0.934. The minimum absolute atomic E-state index is 0.108. The third-order valence-corrected chi connectivity index (χ3v) is 5.38. The van der Waals surface area contributed by atoms with Crippen LogP contribution in [0.25, 0.3) is 0 Å². The van der Waals surface area contributed by atoms with Crippen LogP contribution in [0.4, 0.5) is 0 Å². The largest absolute Gasteiger partial charge is 0.481 e. The summed E-state index contributed by atoms with van der Waals surface area (Å²) >= 11 is 0. The van der Waals surface area contributed by atoms with E-state index >= 15 is 0 Å². The van der Waals surface area contributed by atoms with E-state index in [4.69, 9.17) is 5.11 Å². The number of hydrogen-bond donors (Lipinski definition) is 1. The summed E-state index contributed by atoms with van der Waals surface area (Å²) in [7, 11) is -3.51. The molecule has 0 fully saturated rings. The van der Waals surface area contributed by atoms with E-state index in [9.17, 15) is 13.2 Å². The molecule has 170 valence electrons. The summed E-state index contributed by atoms with van der Waals surface area (Å²) in [4.78, 5) is 10.8. The molecule has 7 heteroatoms. The standard InChI is InChI=1S/C14H18N2O4S.4C2H6/c1-2-15-7-9-16(10-8-15)21(19,20)13-5-3-12(4-6-13)11-14(17)18;4*1-2/h3-7H,2,8-11H2,1H3;4*1-2H3/p+1. The Morgan fingerprint density at radius 3 is 1.83 bits per heavy atom. The van der Waals surface area contributed by atoms with Gasteiger partial charge in [0.15, 0.2) is 12.8 Å². The summed E-state index contributed by atoms with van der Waals surface area (Å²) in [5, 5.41) is 8.71. The van der Waals surface area contributed by atoms with Crippen molar-refractivity contribution in [1.82, 2.24) is 4.31 Å². The second-order valence-corrected chi connectivity index (χ2v) is 6.83. The number of nitrogens with zero attached hydrogens (tertiary/aromatic N) is 2. The minimum Gasteiger partial charge on any atom is -0.481 e. The number of aliphatic carboxylic acids is 1. The summed E-state index contributed by atoms with van der Waals surface area (Å²) in [5.41, 5.74) is 0.587. The van der Waals surface area contributed by atoms with Crippen LogP contribution in [0.2, 0.25) is 0 Å². The maximum atomic E-state index is 12.5. The molecule has 1 heterocycles. The predicted molar refractivity (Wildman–Crippen MR) is 124 cm³/mol. The van der Waals surface area contributed by atoms with E-state index in [1.807, 2.05) is 68.5 Å². The Morgan fingerprint density at radius 2 is 1.48 bits per heavy atom. The number of likely N-dealkylation sites (N-methyl/N-ethyl adjacent to an activating group) is 1. The topological polar surface area (TPSA) is 77.7 Å². The van der Waals surface area contributed by atoms with Crippen molar-refractivity contribution in [3.05, 3.63) is 29.8 Å². The molecule has 1 N–H and O–H groups in total. The van der Waals surface area contributed by atoms with Crippen LogP contribution in [0, 0.1) is 0 Å². The Labute approximate surface area is 179 Å². The van der Waals surface area contributed by atoms with Crippen molar-refractivity contribution in [2.45, 2.75) is 73.6 Å². The van der Waals surface area contributed by atoms with Gasteiger partial charge in [-0.25, -0.2) is 13.0 Å². The molecule has 0 unspecified atom stereocenters. The molecule has 29 heavy (non-hydrogen) atoms. The van der Waals surface area contributed by atoms with Crippen molar-refractivity contribution >= 4 is 22.2 Å². The van der Waals surface area contributed by atoms with Crippen LogP contribution >= 0.6 is 0 Å². The molecule has 0 amide bonds. The van der Waals surface area contributed by atoms with E-state index in [2.05, 4.69) is 4.58 Å². The second-order valence-electron chi connectivity index (χ2n) is 4.89. The Morgan fingerprint density at radius 1 is 1.00 bits per heavy atom. The molecule has 0 atom stereocenters. The van der Waals surface area contributed by atoms with Gasteiger partial charge in [0, 0.05) is 0 Å². The van der Waals surface area contributed by atoms with Gasteiger partial charge in [0.2, 0.25) is 10.0 Å². The molecule has 0 radical (unpaired) electrons. The first-order valence-electron chi connectivity index (χ1n) is 10.8. The molecule has 0 aromatic heterocycles.